The molecular weight excluding hydrogens is 378 g/mol. The summed E-state index contributed by atoms with van der Waals surface area (Å²) in [6, 6.07) is 10.4. The Bertz CT molecular complexity index is 690. The van der Waals surface area contributed by atoms with Gasteiger partial charge >= 0.3 is 0 Å². The molecule has 1 aliphatic rings. The molecule has 0 spiro atoms. The number of nitrogens with zero attached hydrogens (tertiary/aromatic N) is 1. The van der Waals surface area contributed by atoms with Crippen LogP contribution in [0.15, 0.2) is 46.7 Å². The monoisotopic (exact) mass is 398 g/mol. The second-order valence-corrected chi connectivity index (χ2v) is 7.84. The molecule has 3 rings (SSSR count). The molecule has 1 aliphatic heterocycles. The Labute approximate surface area is 159 Å². The van der Waals surface area contributed by atoms with Gasteiger partial charge in [0.1, 0.15) is 0 Å². The molecule has 1 aromatic carbocycles. The van der Waals surface area contributed by atoms with Gasteiger partial charge in [-0.25, -0.2) is 0 Å². The molecule has 0 bridgehead atoms. The van der Waals surface area contributed by atoms with E-state index in [1.165, 1.54) is 4.88 Å². The SMILES string of the molecule is O=C(NCC(c1cccs1)N1CCOCC1)c1ccc(SC(F)F)cc1. The van der Waals surface area contributed by atoms with Crippen LogP contribution in [0.25, 0.3) is 0 Å². The normalized spacial score (nSPS) is 16.6. The number of carbonyl (C=O) groups is 1. The van der Waals surface area contributed by atoms with E-state index in [9.17, 15) is 13.6 Å². The predicted molar refractivity (Wildman–Crippen MR) is 100 cm³/mol. The first-order valence-corrected chi connectivity index (χ1v) is 10.1. The first-order valence-electron chi connectivity index (χ1n) is 8.32. The van der Waals surface area contributed by atoms with E-state index in [2.05, 4.69) is 16.3 Å². The van der Waals surface area contributed by atoms with Gasteiger partial charge in [-0.2, -0.15) is 8.78 Å². The van der Waals surface area contributed by atoms with E-state index in [1.807, 2.05) is 11.4 Å². The van der Waals surface area contributed by atoms with Crippen molar-refractivity contribution in [3.8, 4) is 0 Å². The zero-order valence-corrected chi connectivity index (χ0v) is 15.7. The third-order valence-electron chi connectivity index (χ3n) is 4.16. The van der Waals surface area contributed by atoms with Gasteiger partial charge in [-0.05, 0) is 35.7 Å². The number of carbonyl (C=O) groups excluding carboxylic acids is 1. The lowest BCUT2D eigenvalue weighted by Crippen LogP contribution is -2.43. The first kappa shape index (κ1) is 19.3. The molecule has 1 fully saturated rings. The van der Waals surface area contributed by atoms with Crippen molar-refractivity contribution in [2.45, 2.75) is 16.7 Å². The van der Waals surface area contributed by atoms with Crippen molar-refractivity contribution < 1.29 is 18.3 Å². The Hall–Kier alpha value is -1.48. The van der Waals surface area contributed by atoms with E-state index in [-0.39, 0.29) is 11.9 Å². The molecule has 2 aromatic rings. The topological polar surface area (TPSA) is 41.6 Å². The van der Waals surface area contributed by atoms with E-state index in [0.29, 0.717) is 42.0 Å². The van der Waals surface area contributed by atoms with Crippen molar-refractivity contribution in [1.82, 2.24) is 10.2 Å². The van der Waals surface area contributed by atoms with E-state index in [4.69, 9.17) is 4.74 Å². The highest BCUT2D eigenvalue weighted by Crippen LogP contribution is 2.26. The summed E-state index contributed by atoms with van der Waals surface area (Å²) in [5.41, 5.74) is 0.468. The van der Waals surface area contributed by atoms with E-state index >= 15 is 0 Å². The van der Waals surface area contributed by atoms with Crippen LogP contribution in [0.2, 0.25) is 0 Å². The number of morpholine rings is 1. The Balaban J connectivity index is 1.62. The van der Waals surface area contributed by atoms with Gasteiger partial charge in [-0.3, -0.25) is 9.69 Å². The summed E-state index contributed by atoms with van der Waals surface area (Å²) < 4.78 is 30.2. The molecule has 0 aliphatic carbocycles. The van der Waals surface area contributed by atoms with Gasteiger partial charge < -0.3 is 10.1 Å². The molecule has 1 N–H and O–H groups in total. The number of thioether (sulfide) groups is 1. The lowest BCUT2D eigenvalue weighted by molar-refractivity contribution is 0.0169. The number of thiophene rings is 1. The van der Waals surface area contributed by atoms with Gasteiger partial charge in [0.2, 0.25) is 0 Å². The standard InChI is InChI=1S/C18H20F2N2O2S2/c19-18(20)26-14-5-3-13(4-6-14)17(23)21-12-15(16-2-1-11-25-16)22-7-9-24-10-8-22/h1-6,11,15,18H,7-10,12H2,(H,21,23). The Morgan fingerprint density at radius 2 is 1.96 bits per heavy atom. The van der Waals surface area contributed by atoms with Crippen LogP contribution in [0.4, 0.5) is 8.78 Å². The summed E-state index contributed by atoms with van der Waals surface area (Å²) in [7, 11) is 0. The average Bonchev–Trinajstić information content (AvgIpc) is 3.17. The highest BCUT2D eigenvalue weighted by Gasteiger charge is 2.24. The molecule has 8 heteroatoms. The fourth-order valence-electron chi connectivity index (χ4n) is 2.86. The van der Waals surface area contributed by atoms with Crippen molar-refractivity contribution in [3.05, 3.63) is 52.2 Å². The summed E-state index contributed by atoms with van der Waals surface area (Å²) in [5, 5.41) is 5.01. The third kappa shape index (κ3) is 5.26. The Morgan fingerprint density at radius 3 is 2.58 bits per heavy atom. The summed E-state index contributed by atoms with van der Waals surface area (Å²) >= 11 is 2.14. The molecule has 1 unspecified atom stereocenters. The molecule has 26 heavy (non-hydrogen) atoms. The van der Waals surface area contributed by atoms with Gasteiger partial charge in [-0.15, -0.1) is 11.3 Å². The summed E-state index contributed by atoms with van der Waals surface area (Å²) in [6.07, 6.45) is 0. The van der Waals surface area contributed by atoms with Crippen molar-refractivity contribution in [2.24, 2.45) is 0 Å². The molecule has 1 atom stereocenters. The third-order valence-corrected chi connectivity index (χ3v) is 5.85. The number of hydrogen-bond donors (Lipinski definition) is 1. The van der Waals surface area contributed by atoms with Crippen LogP contribution in [0.1, 0.15) is 21.3 Å². The lowest BCUT2D eigenvalue weighted by Gasteiger charge is -2.34. The molecule has 0 saturated carbocycles. The van der Waals surface area contributed by atoms with Gasteiger partial charge in [0, 0.05) is 35.0 Å². The number of benzene rings is 1. The van der Waals surface area contributed by atoms with E-state index in [0.717, 1.165) is 13.1 Å². The van der Waals surface area contributed by atoms with Crippen LogP contribution in [0.5, 0.6) is 0 Å². The van der Waals surface area contributed by atoms with Gasteiger partial charge in [-0.1, -0.05) is 17.8 Å². The largest absolute Gasteiger partial charge is 0.379 e. The number of ether oxygens (including phenoxy) is 1. The number of halogens is 2. The van der Waals surface area contributed by atoms with Crippen LogP contribution in [0.3, 0.4) is 0 Å². The molecule has 1 saturated heterocycles. The maximum Gasteiger partial charge on any atom is 0.288 e. The van der Waals surface area contributed by atoms with Gasteiger partial charge in [0.15, 0.2) is 0 Å². The smallest absolute Gasteiger partial charge is 0.288 e. The molecule has 1 amide bonds. The van der Waals surface area contributed by atoms with Crippen molar-refractivity contribution in [1.29, 1.82) is 0 Å². The fourth-order valence-corrected chi connectivity index (χ4v) is 4.22. The van der Waals surface area contributed by atoms with Gasteiger partial charge in [0.25, 0.3) is 11.7 Å². The zero-order valence-electron chi connectivity index (χ0n) is 14.1. The highest BCUT2D eigenvalue weighted by atomic mass is 32.2. The molecule has 4 nitrogen and oxygen atoms in total. The minimum absolute atomic E-state index is 0.108. The molecule has 0 radical (unpaired) electrons. The van der Waals surface area contributed by atoms with Crippen LogP contribution in [-0.4, -0.2) is 49.4 Å². The average molecular weight is 398 g/mol. The molecule has 2 heterocycles. The van der Waals surface area contributed by atoms with Crippen LogP contribution in [0, 0.1) is 0 Å². The first-order chi connectivity index (χ1) is 12.6. The predicted octanol–water partition coefficient (Wildman–Crippen LogP) is 3.87. The number of rotatable bonds is 7. The maximum absolute atomic E-state index is 12.4. The summed E-state index contributed by atoms with van der Waals surface area (Å²) in [6.45, 7) is 3.54. The maximum atomic E-state index is 12.4. The number of hydrogen-bond acceptors (Lipinski definition) is 5. The van der Waals surface area contributed by atoms with Gasteiger partial charge in [0.05, 0.1) is 19.3 Å². The molecule has 140 valence electrons. The number of amides is 1. The Morgan fingerprint density at radius 1 is 1.23 bits per heavy atom. The highest BCUT2D eigenvalue weighted by molar-refractivity contribution is 7.99. The summed E-state index contributed by atoms with van der Waals surface area (Å²) in [4.78, 5) is 16.4. The fraction of sp³-hybridized carbons (Fsp3) is 0.389. The second-order valence-electron chi connectivity index (χ2n) is 5.79. The van der Waals surface area contributed by atoms with Crippen LogP contribution >= 0.6 is 23.1 Å². The molecular formula is C18H20F2N2O2S2. The second kappa shape index (κ2) is 9.45. The molecule has 1 aromatic heterocycles. The van der Waals surface area contributed by atoms with Crippen LogP contribution in [-0.2, 0) is 4.74 Å². The van der Waals surface area contributed by atoms with Crippen LogP contribution < -0.4 is 5.32 Å². The van der Waals surface area contributed by atoms with E-state index in [1.54, 1.807) is 35.6 Å². The number of alkyl halides is 2. The van der Waals surface area contributed by atoms with Crippen molar-refractivity contribution in [2.75, 3.05) is 32.8 Å². The van der Waals surface area contributed by atoms with Crippen molar-refractivity contribution >= 4 is 29.0 Å². The van der Waals surface area contributed by atoms with Crippen molar-refractivity contribution in [3.63, 3.8) is 0 Å². The minimum Gasteiger partial charge on any atom is -0.379 e. The van der Waals surface area contributed by atoms with E-state index < -0.39 is 5.76 Å². The Kier molecular flexibility index (Phi) is 7.01. The lowest BCUT2D eigenvalue weighted by atomic mass is 10.1. The minimum atomic E-state index is -2.46. The quantitative estimate of drug-likeness (QED) is 0.719. The number of nitrogens with one attached hydrogen (secondary N) is 1. The summed E-state index contributed by atoms with van der Waals surface area (Å²) in [5.74, 6) is -2.66. The zero-order chi connectivity index (χ0) is 18.4.